The van der Waals surface area contributed by atoms with Crippen LogP contribution in [0.1, 0.15) is 40.6 Å². The summed E-state index contributed by atoms with van der Waals surface area (Å²) in [6.45, 7) is 1.00. The first-order valence-corrected chi connectivity index (χ1v) is 10.8. The van der Waals surface area contributed by atoms with Crippen molar-refractivity contribution in [3.8, 4) is 11.5 Å². The fourth-order valence-electron chi connectivity index (χ4n) is 4.40. The fourth-order valence-corrected chi connectivity index (χ4v) is 4.76. The lowest BCUT2D eigenvalue weighted by molar-refractivity contribution is 0.0486. The smallest absolute Gasteiger partial charge is 0.291 e. The van der Waals surface area contributed by atoms with Crippen LogP contribution in [0.15, 0.2) is 50.1 Å². The quantitative estimate of drug-likeness (QED) is 0.600. The van der Waals surface area contributed by atoms with E-state index in [4.69, 9.17) is 13.9 Å². The lowest BCUT2D eigenvalue weighted by atomic mass is 9.98. The van der Waals surface area contributed by atoms with Gasteiger partial charge in [0.25, 0.3) is 5.91 Å². The van der Waals surface area contributed by atoms with Crippen LogP contribution in [0.2, 0.25) is 0 Å². The second-order valence-electron chi connectivity index (χ2n) is 7.74. The molecule has 0 aliphatic carbocycles. The lowest BCUT2D eigenvalue weighted by Crippen LogP contribution is -2.36. The lowest BCUT2D eigenvalue weighted by Gasteiger charge is -2.27. The average Bonchev–Trinajstić information content (AvgIpc) is 3.37. The molecule has 160 valence electrons. The number of hydrogen-bond donors (Lipinski definition) is 1. The van der Waals surface area contributed by atoms with Crippen molar-refractivity contribution in [2.24, 2.45) is 0 Å². The van der Waals surface area contributed by atoms with E-state index in [1.807, 2.05) is 0 Å². The van der Waals surface area contributed by atoms with Crippen LogP contribution < -0.4 is 10.2 Å². The predicted octanol–water partition coefficient (Wildman–Crippen LogP) is 3.99. The average molecular weight is 486 g/mol. The van der Waals surface area contributed by atoms with Gasteiger partial charge >= 0.3 is 0 Å². The first-order valence-electron chi connectivity index (χ1n) is 10.0. The largest absolute Gasteiger partial charge is 0.504 e. The van der Waals surface area contributed by atoms with E-state index >= 15 is 0 Å². The summed E-state index contributed by atoms with van der Waals surface area (Å²) < 4.78 is 17.7. The number of fused-ring (bicyclic) bond motifs is 2. The maximum absolute atomic E-state index is 13.5. The van der Waals surface area contributed by atoms with E-state index in [0.717, 1.165) is 17.3 Å². The van der Waals surface area contributed by atoms with Crippen LogP contribution in [0.25, 0.3) is 11.0 Å². The molecule has 8 heteroatoms. The number of methoxy groups -OCH3 is 1. The number of phenols is 1. The minimum absolute atomic E-state index is 0.0176. The molecule has 0 spiro atoms. The number of ether oxygens (including phenoxy) is 2. The molecule has 1 amide bonds. The van der Waals surface area contributed by atoms with Crippen LogP contribution in [-0.4, -0.2) is 42.3 Å². The predicted molar refractivity (Wildman–Crippen MR) is 117 cm³/mol. The van der Waals surface area contributed by atoms with Gasteiger partial charge in [-0.15, -0.1) is 0 Å². The second kappa shape index (κ2) is 7.69. The Morgan fingerprint density at radius 3 is 2.81 bits per heavy atom. The van der Waals surface area contributed by atoms with Gasteiger partial charge in [0, 0.05) is 17.6 Å². The van der Waals surface area contributed by atoms with Gasteiger partial charge in [0.1, 0.15) is 5.58 Å². The standard InChI is InChI=1S/C23H20BrNO6/c1-29-18-9-12(4-6-16(18)26)20-19-21(27)15-10-13(24)5-7-17(15)31-22(19)23(28)25(20)11-14-3-2-8-30-14/h4-7,9-10,14,20,26H,2-3,8,11H2,1H3. The molecule has 2 aromatic carbocycles. The highest BCUT2D eigenvalue weighted by atomic mass is 79.9. The molecule has 31 heavy (non-hydrogen) atoms. The Morgan fingerprint density at radius 1 is 1.23 bits per heavy atom. The van der Waals surface area contributed by atoms with Crippen LogP contribution in [0.5, 0.6) is 11.5 Å². The van der Waals surface area contributed by atoms with Crippen LogP contribution >= 0.6 is 15.9 Å². The molecule has 2 unspecified atom stereocenters. The van der Waals surface area contributed by atoms with Crippen molar-refractivity contribution in [1.29, 1.82) is 0 Å². The maximum Gasteiger partial charge on any atom is 0.291 e. The Morgan fingerprint density at radius 2 is 2.06 bits per heavy atom. The first-order chi connectivity index (χ1) is 15.0. The SMILES string of the molecule is COc1cc(C2c3c(oc4ccc(Br)cc4c3=O)C(=O)N2CC2CCCO2)ccc1O. The number of phenolic OH excluding ortho intramolecular Hbond substituents is 1. The Hall–Kier alpha value is -2.84. The molecule has 0 radical (unpaired) electrons. The van der Waals surface area contributed by atoms with E-state index < -0.39 is 6.04 Å². The van der Waals surface area contributed by atoms with Gasteiger partial charge in [0.05, 0.1) is 30.2 Å². The molecule has 3 heterocycles. The summed E-state index contributed by atoms with van der Waals surface area (Å²) in [5, 5.41) is 10.4. The third-order valence-electron chi connectivity index (χ3n) is 5.87. The number of benzene rings is 2. The highest BCUT2D eigenvalue weighted by Gasteiger charge is 2.44. The van der Waals surface area contributed by atoms with Crippen LogP contribution in [0.3, 0.4) is 0 Å². The van der Waals surface area contributed by atoms with Gasteiger partial charge in [0.15, 0.2) is 16.9 Å². The number of carbonyl (C=O) groups is 1. The summed E-state index contributed by atoms with van der Waals surface area (Å²) in [5.41, 5.74) is 1.06. The van der Waals surface area contributed by atoms with Gasteiger partial charge in [-0.1, -0.05) is 22.0 Å². The molecule has 0 saturated carbocycles. The van der Waals surface area contributed by atoms with Crippen LogP contribution in [-0.2, 0) is 4.74 Å². The molecule has 2 aliphatic rings. The number of aromatic hydroxyl groups is 1. The molecule has 1 saturated heterocycles. The Kier molecular flexibility index (Phi) is 4.98. The van der Waals surface area contributed by atoms with Crippen molar-refractivity contribution in [3.63, 3.8) is 0 Å². The number of amides is 1. The van der Waals surface area contributed by atoms with E-state index in [1.165, 1.54) is 13.2 Å². The summed E-state index contributed by atoms with van der Waals surface area (Å²) in [6, 6.07) is 9.32. The van der Waals surface area contributed by atoms with Gasteiger partial charge in [-0.25, -0.2) is 0 Å². The minimum atomic E-state index is -0.666. The highest BCUT2D eigenvalue weighted by molar-refractivity contribution is 9.10. The van der Waals surface area contributed by atoms with Gasteiger partial charge in [-0.05, 0) is 48.7 Å². The molecule has 2 aliphatic heterocycles. The van der Waals surface area contributed by atoms with E-state index in [2.05, 4.69) is 15.9 Å². The zero-order valence-corrected chi connectivity index (χ0v) is 18.3. The van der Waals surface area contributed by atoms with E-state index in [0.29, 0.717) is 35.2 Å². The molecule has 7 nitrogen and oxygen atoms in total. The van der Waals surface area contributed by atoms with Crippen molar-refractivity contribution in [2.75, 3.05) is 20.3 Å². The van der Waals surface area contributed by atoms with Gasteiger partial charge in [0.2, 0.25) is 5.76 Å². The molecular weight excluding hydrogens is 466 g/mol. The monoisotopic (exact) mass is 485 g/mol. The van der Waals surface area contributed by atoms with Crippen molar-refractivity contribution in [3.05, 3.63) is 68.0 Å². The van der Waals surface area contributed by atoms with Gasteiger partial charge < -0.3 is 23.9 Å². The molecule has 2 atom stereocenters. The van der Waals surface area contributed by atoms with E-state index in [1.54, 1.807) is 35.2 Å². The van der Waals surface area contributed by atoms with E-state index in [-0.39, 0.29) is 34.7 Å². The number of nitrogens with zero attached hydrogens (tertiary/aromatic N) is 1. The zero-order chi connectivity index (χ0) is 21.7. The molecular formula is C23H20BrNO6. The number of halogens is 1. The number of hydrogen-bond acceptors (Lipinski definition) is 6. The third kappa shape index (κ3) is 3.30. The van der Waals surface area contributed by atoms with Gasteiger partial charge in [-0.2, -0.15) is 0 Å². The normalized spacial score (nSPS) is 20.5. The van der Waals surface area contributed by atoms with Crippen LogP contribution in [0, 0.1) is 0 Å². The Bertz CT molecular complexity index is 1250. The number of carbonyl (C=O) groups excluding carboxylic acids is 1. The topological polar surface area (TPSA) is 89.2 Å². The summed E-state index contributed by atoms with van der Waals surface area (Å²) in [4.78, 5) is 28.6. The fraction of sp³-hybridized carbons (Fsp3) is 0.304. The maximum atomic E-state index is 13.5. The second-order valence-corrected chi connectivity index (χ2v) is 8.66. The molecule has 5 rings (SSSR count). The van der Waals surface area contributed by atoms with Crippen molar-refractivity contribution in [2.45, 2.75) is 25.0 Å². The zero-order valence-electron chi connectivity index (χ0n) is 16.8. The van der Waals surface area contributed by atoms with Crippen molar-refractivity contribution in [1.82, 2.24) is 4.90 Å². The molecule has 1 aromatic heterocycles. The Balaban J connectivity index is 1.72. The summed E-state index contributed by atoms with van der Waals surface area (Å²) in [6.07, 6.45) is 1.69. The molecule has 3 aromatic rings. The number of rotatable bonds is 4. The molecule has 1 fully saturated rings. The summed E-state index contributed by atoms with van der Waals surface area (Å²) >= 11 is 3.40. The molecule has 0 bridgehead atoms. The minimum Gasteiger partial charge on any atom is -0.504 e. The van der Waals surface area contributed by atoms with E-state index in [9.17, 15) is 14.7 Å². The van der Waals surface area contributed by atoms with Gasteiger partial charge in [-0.3, -0.25) is 9.59 Å². The summed E-state index contributed by atoms with van der Waals surface area (Å²) in [7, 11) is 1.45. The third-order valence-corrected chi connectivity index (χ3v) is 6.36. The Labute approximate surface area is 186 Å². The van der Waals surface area contributed by atoms with Crippen molar-refractivity contribution >= 4 is 32.8 Å². The highest BCUT2D eigenvalue weighted by Crippen LogP contribution is 2.41. The first kappa shape index (κ1) is 20.1. The summed E-state index contributed by atoms with van der Waals surface area (Å²) in [5.74, 6) is -0.0429. The molecule has 1 N–H and O–H groups in total. The van der Waals surface area contributed by atoms with Crippen molar-refractivity contribution < 1.29 is 23.8 Å². The van der Waals surface area contributed by atoms with Crippen LogP contribution in [0.4, 0.5) is 0 Å².